The van der Waals surface area contributed by atoms with Crippen molar-refractivity contribution in [3.63, 3.8) is 0 Å². The van der Waals surface area contributed by atoms with E-state index < -0.39 is 40.6 Å². The summed E-state index contributed by atoms with van der Waals surface area (Å²) in [6, 6.07) is -0.332. The monoisotopic (exact) mass is 307 g/mol. The Morgan fingerprint density at radius 3 is 1.90 bits per heavy atom. The lowest BCUT2D eigenvalue weighted by atomic mass is 9.86. The summed E-state index contributed by atoms with van der Waals surface area (Å²) in [5.41, 5.74) is -1.43. The molecule has 1 aliphatic carbocycles. The summed E-state index contributed by atoms with van der Waals surface area (Å²) in [5, 5.41) is 2.37. The zero-order chi connectivity index (χ0) is 15.7. The number of halogens is 5. The quantitative estimate of drug-likeness (QED) is 0.504. The Morgan fingerprint density at radius 1 is 0.905 bits per heavy atom. The van der Waals surface area contributed by atoms with Crippen LogP contribution in [-0.4, -0.2) is 11.9 Å². The average Bonchev–Trinajstić information content (AvgIpc) is 2.46. The van der Waals surface area contributed by atoms with Gasteiger partial charge in [0.25, 0.3) is 5.91 Å². The predicted octanol–water partition coefficient (Wildman–Crippen LogP) is 3.69. The second-order valence-corrected chi connectivity index (χ2v) is 5.29. The smallest absolute Gasteiger partial charge is 0.257 e. The van der Waals surface area contributed by atoms with Crippen LogP contribution >= 0.6 is 0 Å². The van der Waals surface area contributed by atoms with Gasteiger partial charge in [0.1, 0.15) is 5.56 Å². The average molecular weight is 307 g/mol. The summed E-state index contributed by atoms with van der Waals surface area (Å²) < 4.78 is 66.1. The first-order chi connectivity index (χ1) is 9.84. The molecule has 2 unspecified atom stereocenters. The van der Waals surface area contributed by atoms with Gasteiger partial charge in [-0.1, -0.05) is 19.8 Å². The Hall–Kier alpha value is -1.66. The van der Waals surface area contributed by atoms with Crippen LogP contribution in [-0.2, 0) is 0 Å². The van der Waals surface area contributed by atoms with Crippen molar-refractivity contribution >= 4 is 5.91 Å². The molecule has 1 amide bonds. The molecule has 0 spiro atoms. The van der Waals surface area contributed by atoms with Crippen LogP contribution in [0.15, 0.2) is 0 Å². The number of nitrogens with one attached hydrogen (secondary N) is 1. The first-order valence-corrected chi connectivity index (χ1v) is 6.66. The van der Waals surface area contributed by atoms with E-state index >= 15 is 0 Å². The number of benzene rings is 1. The van der Waals surface area contributed by atoms with Crippen molar-refractivity contribution in [3.05, 3.63) is 34.6 Å². The fourth-order valence-corrected chi connectivity index (χ4v) is 2.58. The highest BCUT2D eigenvalue weighted by Gasteiger charge is 2.31. The fraction of sp³-hybridized carbons (Fsp3) is 0.500. The van der Waals surface area contributed by atoms with Gasteiger partial charge in [-0.05, 0) is 18.8 Å². The van der Waals surface area contributed by atoms with E-state index in [0.29, 0.717) is 6.42 Å². The molecule has 1 aliphatic rings. The first-order valence-electron chi connectivity index (χ1n) is 6.66. The Bertz CT molecular complexity index is 546. The van der Waals surface area contributed by atoms with Crippen LogP contribution in [0, 0.1) is 35.0 Å². The lowest BCUT2D eigenvalue weighted by molar-refractivity contribution is 0.0898. The molecule has 0 aliphatic heterocycles. The van der Waals surface area contributed by atoms with E-state index in [-0.39, 0.29) is 12.0 Å². The largest absolute Gasteiger partial charge is 0.349 e. The van der Waals surface area contributed by atoms with E-state index in [0.717, 1.165) is 19.3 Å². The van der Waals surface area contributed by atoms with Crippen LogP contribution in [0.3, 0.4) is 0 Å². The van der Waals surface area contributed by atoms with Gasteiger partial charge >= 0.3 is 0 Å². The maximum atomic E-state index is 13.5. The summed E-state index contributed by atoms with van der Waals surface area (Å²) in [6.07, 6.45) is 3.27. The van der Waals surface area contributed by atoms with Crippen molar-refractivity contribution in [2.24, 2.45) is 5.92 Å². The maximum Gasteiger partial charge on any atom is 0.257 e. The van der Waals surface area contributed by atoms with Crippen LogP contribution in [0.25, 0.3) is 0 Å². The lowest BCUT2D eigenvalue weighted by Gasteiger charge is -2.29. The van der Waals surface area contributed by atoms with Gasteiger partial charge in [0.05, 0.1) is 0 Å². The van der Waals surface area contributed by atoms with Gasteiger partial charge in [-0.25, -0.2) is 22.0 Å². The molecule has 0 heterocycles. The van der Waals surface area contributed by atoms with Crippen LogP contribution in [0.4, 0.5) is 22.0 Å². The van der Waals surface area contributed by atoms with Gasteiger partial charge in [0.15, 0.2) is 23.3 Å². The molecule has 0 radical (unpaired) electrons. The maximum absolute atomic E-state index is 13.5. The highest BCUT2D eigenvalue weighted by molar-refractivity contribution is 5.95. The second-order valence-electron chi connectivity index (χ2n) is 5.29. The van der Waals surface area contributed by atoms with Crippen molar-refractivity contribution in [1.82, 2.24) is 5.32 Å². The van der Waals surface area contributed by atoms with Crippen LogP contribution in [0.5, 0.6) is 0 Å². The van der Waals surface area contributed by atoms with Gasteiger partial charge < -0.3 is 5.32 Å². The molecule has 2 nitrogen and oxygen atoms in total. The van der Waals surface area contributed by atoms with E-state index in [4.69, 9.17) is 0 Å². The van der Waals surface area contributed by atoms with Gasteiger partial charge in [0, 0.05) is 6.04 Å². The third-order valence-corrected chi connectivity index (χ3v) is 3.86. The third-order valence-electron chi connectivity index (χ3n) is 3.86. The van der Waals surface area contributed by atoms with Gasteiger partial charge in [-0.15, -0.1) is 0 Å². The van der Waals surface area contributed by atoms with Crippen molar-refractivity contribution in [3.8, 4) is 0 Å². The normalized spacial score (nSPS) is 22.2. The molecular formula is C14H14F5NO. The van der Waals surface area contributed by atoms with E-state index in [1.165, 1.54) is 0 Å². The SMILES string of the molecule is CC1CCCCC1NC(=O)c1c(F)c(F)c(F)c(F)c1F. The topological polar surface area (TPSA) is 29.1 Å². The van der Waals surface area contributed by atoms with E-state index in [2.05, 4.69) is 5.32 Å². The summed E-state index contributed by atoms with van der Waals surface area (Å²) in [7, 11) is 0. The van der Waals surface area contributed by atoms with Gasteiger partial charge in [-0.3, -0.25) is 4.79 Å². The molecule has 1 fully saturated rings. The minimum Gasteiger partial charge on any atom is -0.349 e. The first kappa shape index (κ1) is 15.7. The zero-order valence-corrected chi connectivity index (χ0v) is 11.3. The molecule has 116 valence electrons. The van der Waals surface area contributed by atoms with E-state index in [1.54, 1.807) is 0 Å². The van der Waals surface area contributed by atoms with Crippen molar-refractivity contribution in [2.45, 2.75) is 38.6 Å². The summed E-state index contributed by atoms with van der Waals surface area (Å²) in [6.45, 7) is 1.86. The number of carbonyl (C=O) groups excluding carboxylic acids is 1. The van der Waals surface area contributed by atoms with Crippen molar-refractivity contribution in [1.29, 1.82) is 0 Å². The zero-order valence-electron chi connectivity index (χ0n) is 11.3. The molecule has 21 heavy (non-hydrogen) atoms. The molecule has 1 N–H and O–H groups in total. The van der Waals surface area contributed by atoms with Gasteiger partial charge in [-0.2, -0.15) is 0 Å². The van der Waals surface area contributed by atoms with E-state index in [1.807, 2.05) is 6.92 Å². The molecule has 0 aromatic heterocycles. The third kappa shape index (κ3) is 2.87. The molecule has 2 atom stereocenters. The number of hydrogen-bond donors (Lipinski definition) is 1. The summed E-state index contributed by atoms with van der Waals surface area (Å²) >= 11 is 0. The summed E-state index contributed by atoms with van der Waals surface area (Å²) in [4.78, 5) is 11.9. The van der Waals surface area contributed by atoms with E-state index in [9.17, 15) is 26.7 Å². The Balaban J connectivity index is 2.31. The molecule has 2 rings (SSSR count). The number of rotatable bonds is 2. The highest BCUT2D eigenvalue weighted by Crippen LogP contribution is 2.26. The van der Waals surface area contributed by atoms with Crippen molar-refractivity contribution in [2.75, 3.05) is 0 Å². The second kappa shape index (κ2) is 5.99. The Kier molecular flexibility index (Phi) is 4.49. The minimum atomic E-state index is -2.27. The lowest BCUT2D eigenvalue weighted by Crippen LogP contribution is -2.42. The number of hydrogen-bond acceptors (Lipinski definition) is 1. The molecule has 1 aromatic rings. The molecule has 0 saturated heterocycles. The van der Waals surface area contributed by atoms with Crippen molar-refractivity contribution < 1.29 is 26.7 Å². The number of carbonyl (C=O) groups is 1. The fourth-order valence-electron chi connectivity index (χ4n) is 2.58. The molecule has 0 bridgehead atoms. The van der Waals surface area contributed by atoms with Crippen LogP contribution in [0.2, 0.25) is 0 Å². The highest BCUT2D eigenvalue weighted by atomic mass is 19.2. The number of amides is 1. The van der Waals surface area contributed by atoms with Crippen LogP contribution in [0.1, 0.15) is 43.0 Å². The Morgan fingerprint density at radius 2 is 1.38 bits per heavy atom. The van der Waals surface area contributed by atoms with Gasteiger partial charge in [0.2, 0.25) is 5.82 Å². The molecular weight excluding hydrogens is 293 g/mol. The predicted molar refractivity (Wildman–Crippen MR) is 65.1 cm³/mol. The minimum absolute atomic E-state index is 0.0870. The standard InChI is InChI=1S/C14H14F5NO/c1-6-4-2-3-5-7(6)20-14(21)8-9(15)11(17)13(19)12(18)10(8)16/h6-7H,2-5H2,1H3,(H,20,21). The molecule has 1 saturated carbocycles. The van der Waals surface area contributed by atoms with Crippen LogP contribution < -0.4 is 5.32 Å². The molecule has 7 heteroatoms. The molecule has 1 aromatic carbocycles. The summed E-state index contributed by atoms with van der Waals surface area (Å²) in [5.74, 6) is -11.9. The Labute approximate surface area is 118 Å².